The highest BCUT2D eigenvalue weighted by Gasteiger charge is 2.08. The Morgan fingerprint density at radius 1 is 1.55 bits per heavy atom. The van der Waals surface area contributed by atoms with Crippen LogP contribution in [0.25, 0.3) is 0 Å². The first-order valence-electron chi connectivity index (χ1n) is 2.43. The number of hydrogen-bond donors (Lipinski definition) is 1. The Bertz CT molecular complexity index is 344. The fraction of sp³-hybridized carbons (Fsp3) is 0. The first kappa shape index (κ1) is 8.98. The second-order valence-electron chi connectivity index (χ2n) is 1.66. The van der Waals surface area contributed by atoms with E-state index in [1.807, 2.05) is 0 Å². The lowest BCUT2D eigenvalue weighted by Gasteiger charge is -1.98. The zero-order valence-electron chi connectivity index (χ0n) is 5.15. The highest BCUT2D eigenvalue weighted by molar-refractivity contribution is 9.10. The van der Waals surface area contributed by atoms with Crippen LogP contribution in [0.2, 0.25) is 0 Å². The predicted octanol–water partition coefficient (Wildman–Crippen LogP) is 1.09. The zero-order valence-corrected chi connectivity index (χ0v) is 8.37. The molecule has 62 valence electrons. The van der Waals surface area contributed by atoms with Crippen molar-refractivity contribution in [3.63, 3.8) is 0 Å². The van der Waals surface area contributed by atoms with Gasteiger partial charge in [-0.2, -0.15) is 13.6 Å². The molecule has 2 N–H and O–H groups in total. The summed E-state index contributed by atoms with van der Waals surface area (Å²) in [5, 5.41) is 7.86. The van der Waals surface area contributed by atoms with E-state index in [0.717, 1.165) is 0 Å². The molecule has 1 rings (SSSR count). The summed E-state index contributed by atoms with van der Waals surface area (Å²) < 4.78 is 25.7. The van der Waals surface area contributed by atoms with Gasteiger partial charge in [0.25, 0.3) is 0 Å². The average Bonchev–Trinajstić information content (AvgIpc) is 2.12. The quantitative estimate of drug-likeness (QED) is 0.863. The summed E-state index contributed by atoms with van der Waals surface area (Å²) in [7, 11) is -3.89. The van der Waals surface area contributed by atoms with Crippen molar-refractivity contribution in [1.82, 2.24) is 0 Å². The van der Waals surface area contributed by atoms with Gasteiger partial charge in [0.05, 0.1) is 4.47 Å². The third-order valence-corrected chi connectivity index (χ3v) is 2.84. The van der Waals surface area contributed by atoms with Gasteiger partial charge in [0.2, 0.25) is 0 Å². The van der Waals surface area contributed by atoms with E-state index in [0.29, 0.717) is 4.47 Å². The number of rotatable bonds is 2. The molecule has 1 aromatic rings. The summed E-state index contributed by atoms with van der Waals surface area (Å²) in [6.45, 7) is 0. The van der Waals surface area contributed by atoms with E-state index in [1.54, 1.807) is 5.38 Å². The van der Waals surface area contributed by atoms with E-state index < -0.39 is 10.3 Å². The first-order chi connectivity index (χ1) is 4.99. The van der Waals surface area contributed by atoms with E-state index in [9.17, 15) is 8.42 Å². The Hall–Kier alpha value is -0.110. The molecule has 1 aromatic heterocycles. The van der Waals surface area contributed by atoms with E-state index in [2.05, 4.69) is 25.3 Å². The topological polar surface area (TPSA) is 69.4 Å². The maximum Gasteiger partial charge on any atom is 0.380 e. The normalized spacial score (nSPS) is 11.5. The van der Waals surface area contributed by atoms with Crippen molar-refractivity contribution in [1.29, 1.82) is 0 Å². The highest BCUT2D eigenvalue weighted by Crippen LogP contribution is 2.29. The van der Waals surface area contributed by atoms with E-state index in [1.165, 1.54) is 16.7 Å². The maximum atomic E-state index is 10.4. The standard InChI is InChI=1S/C4H4BrNO3S2/c5-3-1-10-2-4(3)9-11(6,7)8/h1-2H,(H2,6,7,8). The molecule has 11 heavy (non-hydrogen) atoms. The van der Waals surface area contributed by atoms with Gasteiger partial charge in [-0.3, -0.25) is 0 Å². The summed E-state index contributed by atoms with van der Waals surface area (Å²) in [5.41, 5.74) is 0. The summed E-state index contributed by atoms with van der Waals surface area (Å²) in [6, 6.07) is 0. The van der Waals surface area contributed by atoms with Crippen LogP contribution in [-0.2, 0) is 10.3 Å². The lowest BCUT2D eigenvalue weighted by atomic mass is 10.6. The smallest absolute Gasteiger partial charge is 0.369 e. The van der Waals surface area contributed by atoms with Gasteiger partial charge in [-0.25, -0.2) is 0 Å². The van der Waals surface area contributed by atoms with Crippen LogP contribution >= 0.6 is 27.3 Å². The molecule has 0 aliphatic heterocycles. The Balaban J connectivity index is 2.89. The van der Waals surface area contributed by atoms with Crippen molar-refractivity contribution in [2.45, 2.75) is 0 Å². The van der Waals surface area contributed by atoms with Crippen molar-refractivity contribution in [2.75, 3.05) is 0 Å². The number of halogens is 1. The maximum absolute atomic E-state index is 10.4. The molecule has 0 radical (unpaired) electrons. The minimum atomic E-state index is -3.89. The molecule has 0 spiro atoms. The molecule has 0 aliphatic carbocycles. The fourth-order valence-corrected chi connectivity index (χ4v) is 2.28. The second-order valence-corrected chi connectivity index (χ2v) is 4.41. The predicted molar refractivity (Wildman–Crippen MR) is 45.8 cm³/mol. The summed E-state index contributed by atoms with van der Waals surface area (Å²) in [4.78, 5) is 0. The third-order valence-electron chi connectivity index (χ3n) is 0.788. The Morgan fingerprint density at radius 3 is 2.55 bits per heavy atom. The van der Waals surface area contributed by atoms with Crippen molar-refractivity contribution in [3.8, 4) is 5.75 Å². The van der Waals surface area contributed by atoms with Crippen molar-refractivity contribution in [2.24, 2.45) is 5.14 Å². The molecule has 7 heteroatoms. The number of nitrogens with two attached hydrogens (primary N) is 1. The highest BCUT2D eigenvalue weighted by atomic mass is 79.9. The van der Waals surface area contributed by atoms with Crippen LogP contribution in [0.3, 0.4) is 0 Å². The molecule has 0 aromatic carbocycles. The molecule has 0 amide bonds. The summed E-state index contributed by atoms with van der Waals surface area (Å²) >= 11 is 4.40. The van der Waals surface area contributed by atoms with Crippen molar-refractivity contribution < 1.29 is 12.6 Å². The summed E-state index contributed by atoms with van der Waals surface area (Å²) in [5.74, 6) is 0.220. The van der Waals surface area contributed by atoms with Gasteiger partial charge in [0, 0.05) is 10.8 Å². The lowest BCUT2D eigenvalue weighted by Crippen LogP contribution is -2.18. The third kappa shape index (κ3) is 2.78. The van der Waals surface area contributed by atoms with Crippen LogP contribution in [0.4, 0.5) is 0 Å². The van der Waals surface area contributed by atoms with Crippen LogP contribution in [0.15, 0.2) is 15.2 Å². The molecular weight excluding hydrogens is 254 g/mol. The molecule has 0 saturated carbocycles. The van der Waals surface area contributed by atoms with Gasteiger partial charge < -0.3 is 4.18 Å². The molecule has 0 saturated heterocycles. The molecular formula is C4H4BrNO3S2. The Kier molecular flexibility index (Phi) is 2.53. The van der Waals surface area contributed by atoms with Crippen molar-refractivity contribution >= 4 is 37.6 Å². The van der Waals surface area contributed by atoms with Crippen LogP contribution in [-0.4, -0.2) is 8.42 Å². The molecule has 0 atom stereocenters. The number of hydrogen-bond acceptors (Lipinski definition) is 4. The minimum absolute atomic E-state index is 0.220. The monoisotopic (exact) mass is 257 g/mol. The molecule has 0 fully saturated rings. The van der Waals surface area contributed by atoms with Gasteiger partial charge in [0.1, 0.15) is 0 Å². The average molecular weight is 258 g/mol. The Labute approximate surface area is 76.4 Å². The Morgan fingerprint density at radius 2 is 2.18 bits per heavy atom. The van der Waals surface area contributed by atoms with Gasteiger partial charge in [-0.1, -0.05) is 0 Å². The van der Waals surface area contributed by atoms with Crippen LogP contribution in [0, 0.1) is 0 Å². The zero-order chi connectivity index (χ0) is 8.48. The molecule has 4 nitrogen and oxygen atoms in total. The molecule has 1 heterocycles. The van der Waals surface area contributed by atoms with E-state index in [4.69, 9.17) is 0 Å². The van der Waals surface area contributed by atoms with Crippen LogP contribution in [0.1, 0.15) is 0 Å². The first-order valence-corrected chi connectivity index (χ1v) is 5.63. The lowest BCUT2D eigenvalue weighted by molar-refractivity contribution is 0.487. The van der Waals surface area contributed by atoms with Gasteiger partial charge in [0.15, 0.2) is 5.75 Å². The minimum Gasteiger partial charge on any atom is -0.369 e. The fourth-order valence-electron chi connectivity index (χ4n) is 0.455. The van der Waals surface area contributed by atoms with Gasteiger partial charge in [-0.05, 0) is 15.9 Å². The van der Waals surface area contributed by atoms with Crippen molar-refractivity contribution in [3.05, 3.63) is 15.2 Å². The summed E-state index contributed by atoms with van der Waals surface area (Å²) in [6.07, 6.45) is 0. The van der Waals surface area contributed by atoms with Crippen LogP contribution in [0.5, 0.6) is 5.75 Å². The van der Waals surface area contributed by atoms with Crippen LogP contribution < -0.4 is 9.32 Å². The largest absolute Gasteiger partial charge is 0.380 e. The molecule has 0 bridgehead atoms. The SMILES string of the molecule is NS(=O)(=O)Oc1cscc1Br. The molecule has 0 aliphatic rings. The van der Waals surface area contributed by atoms with E-state index in [-0.39, 0.29) is 5.75 Å². The molecule has 0 unspecified atom stereocenters. The number of thiophene rings is 1. The van der Waals surface area contributed by atoms with Gasteiger partial charge in [-0.15, -0.1) is 11.3 Å². The van der Waals surface area contributed by atoms with Gasteiger partial charge >= 0.3 is 10.3 Å². The second kappa shape index (κ2) is 3.10. The van der Waals surface area contributed by atoms with E-state index >= 15 is 0 Å².